The fourth-order valence-electron chi connectivity index (χ4n) is 2.35. The van der Waals surface area contributed by atoms with E-state index >= 15 is 0 Å². The van der Waals surface area contributed by atoms with Crippen LogP contribution < -0.4 is 5.73 Å². The molecule has 0 aliphatic carbocycles. The molecule has 0 amide bonds. The Kier molecular flexibility index (Phi) is 3.03. The van der Waals surface area contributed by atoms with Gasteiger partial charge in [-0.15, -0.1) is 0 Å². The number of hydrogen-bond acceptors (Lipinski definition) is 3. The largest absolute Gasteiger partial charge is 0.459 e. The Labute approximate surface area is 116 Å². The lowest BCUT2D eigenvalue weighted by Crippen LogP contribution is -2.13. The second kappa shape index (κ2) is 4.72. The van der Waals surface area contributed by atoms with E-state index in [-0.39, 0.29) is 5.82 Å². The third kappa shape index (κ3) is 2.08. The minimum atomic E-state index is -0.497. The molecule has 0 aliphatic heterocycles. The summed E-state index contributed by atoms with van der Waals surface area (Å²) in [5.74, 6) is 0.294. The molecule has 2 aromatic heterocycles. The number of hydrogen-bond donors (Lipinski definition) is 1. The third-order valence-electron chi connectivity index (χ3n) is 3.48. The molecule has 0 saturated carbocycles. The summed E-state index contributed by atoms with van der Waals surface area (Å²) in [5, 5.41) is 1.04. The summed E-state index contributed by atoms with van der Waals surface area (Å²) in [5.41, 5.74) is 9.72. The minimum absolute atomic E-state index is 0.377. The third-order valence-corrected chi connectivity index (χ3v) is 3.48. The quantitative estimate of drug-likeness (QED) is 0.773. The summed E-state index contributed by atoms with van der Waals surface area (Å²) in [7, 11) is 0. The molecular weight excluding hydrogens is 255 g/mol. The first-order chi connectivity index (χ1) is 9.56. The highest BCUT2D eigenvalue weighted by molar-refractivity contribution is 5.82. The van der Waals surface area contributed by atoms with Crippen molar-refractivity contribution in [3.05, 3.63) is 64.9 Å². The zero-order valence-corrected chi connectivity index (χ0v) is 11.4. The average molecular weight is 270 g/mol. The van der Waals surface area contributed by atoms with Gasteiger partial charge < -0.3 is 10.2 Å². The van der Waals surface area contributed by atoms with Crippen LogP contribution in [0.4, 0.5) is 4.39 Å². The van der Waals surface area contributed by atoms with E-state index in [1.54, 1.807) is 6.07 Å². The van der Waals surface area contributed by atoms with Gasteiger partial charge in [0.05, 0.1) is 11.9 Å². The molecule has 1 atom stereocenters. The Bertz CT molecular complexity index is 762. The van der Waals surface area contributed by atoms with Crippen LogP contribution >= 0.6 is 0 Å². The Morgan fingerprint density at radius 1 is 1.20 bits per heavy atom. The van der Waals surface area contributed by atoms with E-state index < -0.39 is 6.04 Å². The summed E-state index contributed by atoms with van der Waals surface area (Å²) in [6.45, 7) is 3.98. The molecule has 0 fully saturated rings. The summed E-state index contributed by atoms with van der Waals surface area (Å²) >= 11 is 0. The molecule has 102 valence electrons. The van der Waals surface area contributed by atoms with E-state index in [9.17, 15) is 4.39 Å². The van der Waals surface area contributed by atoms with Crippen LogP contribution in [0.3, 0.4) is 0 Å². The van der Waals surface area contributed by atoms with Gasteiger partial charge in [0.15, 0.2) is 0 Å². The molecule has 4 heteroatoms. The smallest absolute Gasteiger partial charge is 0.141 e. The molecule has 0 spiro atoms. The van der Waals surface area contributed by atoms with Crippen LogP contribution in [0, 0.1) is 19.7 Å². The first-order valence-electron chi connectivity index (χ1n) is 6.43. The number of benzene rings is 1. The molecule has 0 radical (unpaired) electrons. The summed E-state index contributed by atoms with van der Waals surface area (Å²) in [4.78, 5) is 4.02. The SMILES string of the molecule is Cc1ccc2c(C)c(C(N)c3ccc(F)cn3)oc2c1. The summed E-state index contributed by atoms with van der Waals surface area (Å²) in [6, 6.07) is 8.48. The second-order valence-electron chi connectivity index (χ2n) is 4.97. The fraction of sp³-hybridized carbons (Fsp3) is 0.188. The first kappa shape index (κ1) is 12.8. The van der Waals surface area contributed by atoms with Crippen molar-refractivity contribution in [3.8, 4) is 0 Å². The van der Waals surface area contributed by atoms with Gasteiger partial charge in [0.25, 0.3) is 0 Å². The van der Waals surface area contributed by atoms with E-state index in [1.807, 2.05) is 32.0 Å². The molecule has 0 saturated heterocycles. The standard InChI is InChI=1S/C16H15FN2O/c1-9-3-5-12-10(2)16(20-14(12)7-9)15(18)13-6-4-11(17)8-19-13/h3-8,15H,18H2,1-2H3. The first-order valence-corrected chi connectivity index (χ1v) is 6.43. The highest BCUT2D eigenvalue weighted by Gasteiger charge is 2.19. The Morgan fingerprint density at radius 3 is 2.70 bits per heavy atom. The van der Waals surface area contributed by atoms with Crippen LogP contribution in [-0.2, 0) is 0 Å². The molecule has 1 unspecified atom stereocenters. The molecule has 3 rings (SSSR count). The van der Waals surface area contributed by atoms with Crippen molar-refractivity contribution in [1.29, 1.82) is 0 Å². The molecule has 0 bridgehead atoms. The second-order valence-corrected chi connectivity index (χ2v) is 4.97. The van der Waals surface area contributed by atoms with Gasteiger partial charge in [0.1, 0.15) is 23.2 Å². The Balaban J connectivity index is 2.09. The molecule has 0 aliphatic rings. The van der Waals surface area contributed by atoms with Gasteiger partial charge in [0.2, 0.25) is 0 Å². The molecule has 20 heavy (non-hydrogen) atoms. The van der Waals surface area contributed by atoms with Crippen LogP contribution in [-0.4, -0.2) is 4.98 Å². The maximum absolute atomic E-state index is 12.9. The maximum atomic E-state index is 12.9. The topological polar surface area (TPSA) is 52.0 Å². The lowest BCUT2D eigenvalue weighted by Gasteiger charge is -2.09. The van der Waals surface area contributed by atoms with Crippen molar-refractivity contribution in [2.45, 2.75) is 19.9 Å². The monoisotopic (exact) mass is 270 g/mol. The Morgan fingerprint density at radius 2 is 2.00 bits per heavy atom. The van der Waals surface area contributed by atoms with Crippen LogP contribution in [0.15, 0.2) is 40.9 Å². The zero-order chi connectivity index (χ0) is 14.3. The van der Waals surface area contributed by atoms with E-state index in [0.29, 0.717) is 11.5 Å². The van der Waals surface area contributed by atoms with Gasteiger partial charge in [-0.25, -0.2) is 4.39 Å². The van der Waals surface area contributed by atoms with E-state index in [4.69, 9.17) is 10.2 Å². The number of halogens is 1. The van der Waals surface area contributed by atoms with Crippen molar-refractivity contribution in [3.63, 3.8) is 0 Å². The number of furan rings is 1. The van der Waals surface area contributed by atoms with Gasteiger partial charge in [0, 0.05) is 10.9 Å². The molecule has 2 N–H and O–H groups in total. The molecule has 3 nitrogen and oxygen atoms in total. The lowest BCUT2D eigenvalue weighted by molar-refractivity contribution is 0.515. The van der Waals surface area contributed by atoms with E-state index in [1.165, 1.54) is 6.07 Å². The normalized spacial score (nSPS) is 12.8. The number of rotatable bonds is 2. The number of fused-ring (bicyclic) bond motifs is 1. The number of aryl methyl sites for hydroxylation is 2. The van der Waals surface area contributed by atoms with Crippen molar-refractivity contribution < 1.29 is 8.81 Å². The fourth-order valence-corrected chi connectivity index (χ4v) is 2.35. The predicted molar refractivity (Wildman–Crippen MR) is 75.9 cm³/mol. The Hall–Kier alpha value is -2.20. The average Bonchev–Trinajstić information content (AvgIpc) is 2.75. The van der Waals surface area contributed by atoms with Gasteiger partial charge in [-0.1, -0.05) is 12.1 Å². The summed E-state index contributed by atoms with van der Waals surface area (Å²) < 4.78 is 18.8. The van der Waals surface area contributed by atoms with Gasteiger partial charge in [-0.2, -0.15) is 0 Å². The van der Waals surface area contributed by atoms with E-state index in [0.717, 1.165) is 28.3 Å². The highest BCUT2D eigenvalue weighted by Crippen LogP contribution is 2.31. The highest BCUT2D eigenvalue weighted by atomic mass is 19.1. The lowest BCUT2D eigenvalue weighted by atomic mass is 10.0. The predicted octanol–water partition coefficient (Wildman–Crippen LogP) is 3.63. The van der Waals surface area contributed by atoms with Crippen LogP contribution in [0.25, 0.3) is 11.0 Å². The van der Waals surface area contributed by atoms with Gasteiger partial charge in [-0.05, 0) is 37.6 Å². The van der Waals surface area contributed by atoms with Crippen LogP contribution in [0.1, 0.15) is 28.6 Å². The summed E-state index contributed by atoms with van der Waals surface area (Å²) in [6.07, 6.45) is 1.16. The van der Waals surface area contributed by atoms with Crippen molar-refractivity contribution in [2.75, 3.05) is 0 Å². The van der Waals surface area contributed by atoms with Crippen molar-refractivity contribution in [1.82, 2.24) is 4.98 Å². The van der Waals surface area contributed by atoms with Gasteiger partial charge in [-0.3, -0.25) is 4.98 Å². The molecule has 2 heterocycles. The zero-order valence-electron chi connectivity index (χ0n) is 11.4. The molecule has 1 aromatic carbocycles. The maximum Gasteiger partial charge on any atom is 0.141 e. The minimum Gasteiger partial charge on any atom is -0.459 e. The van der Waals surface area contributed by atoms with Crippen molar-refractivity contribution in [2.24, 2.45) is 5.73 Å². The van der Waals surface area contributed by atoms with Crippen LogP contribution in [0.5, 0.6) is 0 Å². The number of nitrogens with zero attached hydrogens (tertiary/aromatic N) is 1. The van der Waals surface area contributed by atoms with Crippen LogP contribution in [0.2, 0.25) is 0 Å². The molecule has 3 aromatic rings. The number of aromatic nitrogens is 1. The van der Waals surface area contributed by atoms with E-state index in [2.05, 4.69) is 4.98 Å². The number of pyridine rings is 1. The van der Waals surface area contributed by atoms with Crippen molar-refractivity contribution >= 4 is 11.0 Å². The van der Waals surface area contributed by atoms with Gasteiger partial charge >= 0.3 is 0 Å². The number of nitrogens with two attached hydrogens (primary N) is 1. The molecular formula is C16H15FN2O.